The smallest absolute Gasteiger partial charge is 0.309 e. The van der Waals surface area contributed by atoms with Gasteiger partial charge in [0.05, 0.1) is 6.20 Å². The van der Waals surface area contributed by atoms with Crippen molar-refractivity contribution in [2.24, 2.45) is 0 Å². The first kappa shape index (κ1) is 20.5. The third-order valence-corrected chi connectivity index (χ3v) is 3.39. The van der Waals surface area contributed by atoms with Crippen LogP contribution in [0.2, 0.25) is 0 Å². The fraction of sp³-hybridized carbons (Fsp3) is 0.214. The quantitative estimate of drug-likeness (QED) is 0.469. The van der Waals surface area contributed by atoms with Crippen LogP contribution in [-0.4, -0.2) is 21.6 Å². The predicted octanol–water partition coefficient (Wildman–Crippen LogP) is 3.89. The minimum atomic E-state index is -5.71. The van der Waals surface area contributed by atoms with Crippen LogP contribution in [-0.2, 0) is 11.0 Å². The number of alkyl halides is 4. The Labute approximate surface area is 150 Å². The van der Waals surface area contributed by atoms with Crippen molar-refractivity contribution in [3.8, 4) is 11.8 Å². The Morgan fingerprint density at radius 3 is 2.19 bits per heavy atom. The first-order chi connectivity index (χ1) is 12.5. The molecule has 1 aromatic carbocycles. The Morgan fingerprint density at radius 2 is 1.74 bits per heavy atom. The van der Waals surface area contributed by atoms with Crippen LogP contribution < -0.4 is 5.32 Å². The third-order valence-electron chi connectivity index (χ3n) is 3.20. The highest BCUT2D eigenvalue weighted by atomic mass is 35.5. The Balaban J connectivity index is 2.76. The topological polar surface area (TPSA) is 70.7 Å². The molecular weight excluding hydrogens is 409 g/mol. The summed E-state index contributed by atoms with van der Waals surface area (Å²) in [5, 5.41) is 14.3. The van der Waals surface area contributed by atoms with Crippen molar-refractivity contribution in [2.45, 2.75) is 12.6 Å². The van der Waals surface area contributed by atoms with Gasteiger partial charge in [0.25, 0.3) is 0 Å². The van der Waals surface area contributed by atoms with Crippen LogP contribution in [0.1, 0.15) is 17.5 Å². The van der Waals surface area contributed by atoms with Gasteiger partial charge in [-0.05, 0) is 0 Å². The lowest BCUT2D eigenvalue weighted by atomic mass is 10.1. The Bertz CT molecular complexity index is 919. The largest absolute Gasteiger partial charge is 0.422 e. The number of nitrogens with one attached hydrogen (secondary N) is 1. The van der Waals surface area contributed by atoms with E-state index in [1.54, 1.807) is 0 Å². The fourth-order valence-corrected chi connectivity index (χ4v) is 2.23. The van der Waals surface area contributed by atoms with Crippen LogP contribution in [0.4, 0.5) is 36.6 Å². The fourth-order valence-electron chi connectivity index (χ4n) is 2.06. The second kappa shape index (κ2) is 7.43. The van der Waals surface area contributed by atoms with Crippen LogP contribution in [0.15, 0.2) is 6.20 Å². The number of rotatable bonds is 4. The maximum atomic E-state index is 14.1. The number of carbonyl (C=O) groups is 1. The molecule has 0 aliphatic carbocycles. The molecule has 13 heteroatoms. The first-order valence-corrected chi connectivity index (χ1v) is 7.35. The molecule has 1 N–H and O–H groups in total. The van der Waals surface area contributed by atoms with Crippen LogP contribution in [0.5, 0.6) is 0 Å². The summed E-state index contributed by atoms with van der Waals surface area (Å²) in [7, 11) is 0. The van der Waals surface area contributed by atoms with Gasteiger partial charge in [-0.2, -0.15) is 23.5 Å². The minimum absolute atomic E-state index is 0.0711. The molecule has 0 unspecified atom stereocenters. The molecule has 0 atom stereocenters. The van der Waals surface area contributed by atoms with Crippen molar-refractivity contribution in [1.29, 1.82) is 5.26 Å². The summed E-state index contributed by atoms with van der Waals surface area (Å²) in [6.45, 7) is 0. The number of carbonyl (C=O) groups excluding carboxylic acids is 1. The van der Waals surface area contributed by atoms with Crippen molar-refractivity contribution in [2.75, 3.05) is 11.2 Å². The first-order valence-electron chi connectivity index (χ1n) is 6.82. The summed E-state index contributed by atoms with van der Waals surface area (Å²) in [4.78, 5) is 11.6. The van der Waals surface area contributed by atoms with E-state index in [1.165, 1.54) is 6.07 Å². The van der Waals surface area contributed by atoms with Gasteiger partial charge in [-0.3, -0.25) is 4.79 Å². The highest BCUT2D eigenvalue weighted by Gasteiger charge is 2.43. The van der Waals surface area contributed by atoms with Gasteiger partial charge in [-0.25, -0.2) is 22.2 Å². The summed E-state index contributed by atoms with van der Waals surface area (Å²) < 4.78 is 93.8. The summed E-state index contributed by atoms with van der Waals surface area (Å²) >= 11 is 5.35. The molecule has 0 saturated heterocycles. The van der Waals surface area contributed by atoms with Crippen molar-refractivity contribution < 1.29 is 35.5 Å². The van der Waals surface area contributed by atoms with Gasteiger partial charge in [-0.15, -0.1) is 11.6 Å². The molecule has 1 aromatic heterocycles. The maximum Gasteiger partial charge on any atom is 0.422 e. The molecule has 0 fully saturated rings. The molecule has 0 saturated carbocycles. The number of nitrogens with zero attached hydrogens (tertiary/aromatic N) is 3. The zero-order chi connectivity index (χ0) is 20.5. The molecule has 1 amide bonds. The Hall–Kier alpha value is -2.81. The van der Waals surface area contributed by atoms with Gasteiger partial charge in [0, 0.05) is 12.3 Å². The number of amides is 1. The molecular formula is C14H6ClF7N4O. The standard InChI is InChI=1S/C14H6ClF7N4O/c15-2-1-6(27)25-13-5(3-23)4-24-26(13)12-10(18)8(16)7(14(20,21)22)9(17)11(12)19/h4H,1-2H2,(H,25,27). The maximum absolute atomic E-state index is 14.1. The molecule has 27 heavy (non-hydrogen) atoms. The van der Waals surface area contributed by atoms with E-state index in [0.29, 0.717) is 6.20 Å². The van der Waals surface area contributed by atoms with Crippen molar-refractivity contribution >= 4 is 23.3 Å². The van der Waals surface area contributed by atoms with E-state index in [1.807, 2.05) is 5.32 Å². The average molecular weight is 415 g/mol. The lowest BCUT2D eigenvalue weighted by Crippen LogP contribution is -2.20. The Kier molecular flexibility index (Phi) is 5.65. The van der Waals surface area contributed by atoms with Crippen molar-refractivity contribution in [1.82, 2.24) is 9.78 Å². The van der Waals surface area contributed by atoms with Gasteiger partial charge >= 0.3 is 6.18 Å². The van der Waals surface area contributed by atoms with Gasteiger partial charge in [0.15, 0.2) is 29.1 Å². The summed E-state index contributed by atoms with van der Waals surface area (Å²) in [6.07, 6.45) is -5.34. The summed E-state index contributed by atoms with van der Waals surface area (Å²) in [6, 6.07) is 1.49. The zero-order valence-electron chi connectivity index (χ0n) is 12.8. The van der Waals surface area contributed by atoms with E-state index < -0.39 is 58.0 Å². The van der Waals surface area contributed by atoms with Crippen molar-refractivity contribution in [3.63, 3.8) is 0 Å². The second-order valence-corrected chi connectivity index (χ2v) is 5.27. The van der Waals surface area contributed by atoms with E-state index in [-0.39, 0.29) is 17.0 Å². The van der Waals surface area contributed by atoms with Crippen molar-refractivity contribution in [3.05, 3.63) is 40.6 Å². The number of hydrogen-bond acceptors (Lipinski definition) is 3. The molecule has 0 aliphatic heterocycles. The van der Waals surface area contributed by atoms with E-state index in [9.17, 15) is 35.5 Å². The number of benzene rings is 1. The number of halogens is 8. The molecule has 2 aromatic rings. The number of nitriles is 1. The highest BCUT2D eigenvalue weighted by molar-refractivity contribution is 6.19. The molecule has 2 rings (SSSR count). The van der Waals surface area contributed by atoms with E-state index in [4.69, 9.17) is 16.9 Å². The highest BCUT2D eigenvalue weighted by Crippen LogP contribution is 2.38. The molecule has 1 heterocycles. The number of hydrogen-bond donors (Lipinski definition) is 1. The minimum Gasteiger partial charge on any atom is -0.309 e. The SMILES string of the molecule is N#Cc1cnn(-c2c(F)c(F)c(C(F)(F)F)c(F)c2F)c1NC(=O)CCCl. The molecule has 0 radical (unpaired) electrons. The third kappa shape index (κ3) is 3.68. The number of anilines is 1. The lowest BCUT2D eigenvalue weighted by molar-refractivity contribution is -0.143. The molecule has 0 spiro atoms. The van der Waals surface area contributed by atoms with Gasteiger partial charge < -0.3 is 5.32 Å². The van der Waals surface area contributed by atoms with E-state index >= 15 is 0 Å². The summed E-state index contributed by atoms with van der Waals surface area (Å²) in [5.41, 5.74) is -4.92. The van der Waals surface area contributed by atoms with E-state index in [0.717, 1.165) is 0 Å². The van der Waals surface area contributed by atoms with Crippen LogP contribution in [0.25, 0.3) is 5.69 Å². The molecule has 0 aliphatic rings. The second-order valence-electron chi connectivity index (χ2n) is 4.89. The molecule has 5 nitrogen and oxygen atoms in total. The van der Waals surface area contributed by atoms with Crippen LogP contribution in [0.3, 0.4) is 0 Å². The normalized spacial score (nSPS) is 11.4. The average Bonchev–Trinajstić information content (AvgIpc) is 2.95. The predicted molar refractivity (Wildman–Crippen MR) is 77.1 cm³/mol. The van der Waals surface area contributed by atoms with Crippen LogP contribution in [0, 0.1) is 34.6 Å². The molecule has 0 bridgehead atoms. The molecule has 144 valence electrons. The van der Waals surface area contributed by atoms with Gasteiger partial charge in [0.1, 0.15) is 22.9 Å². The number of aromatic nitrogens is 2. The van der Waals surface area contributed by atoms with Crippen LogP contribution >= 0.6 is 11.6 Å². The lowest BCUT2D eigenvalue weighted by Gasteiger charge is -2.15. The zero-order valence-corrected chi connectivity index (χ0v) is 13.5. The van der Waals surface area contributed by atoms with Gasteiger partial charge in [0.2, 0.25) is 5.91 Å². The van der Waals surface area contributed by atoms with Gasteiger partial charge in [-0.1, -0.05) is 0 Å². The Morgan fingerprint density at radius 1 is 1.19 bits per heavy atom. The monoisotopic (exact) mass is 414 g/mol. The summed E-state index contributed by atoms with van der Waals surface area (Å²) in [5.74, 6) is -12.0. The van der Waals surface area contributed by atoms with E-state index in [2.05, 4.69) is 5.10 Å².